The Hall–Kier alpha value is -0.570. The van der Waals surface area contributed by atoms with Gasteiger partial charge in [-0.05, 0) is 46.0 Å². The molecule has 1 aliphatic rings. The van der Waals surface area contributed by atoms with Gasteiger partial charge in [-0.1, -0.05) is 13.3 Å². The first kappa shape index (κ1) is 13.5. The van der Waals surface area contributed by atoms with E-state index in [0.29, 0.717) is 0 Å². The Morgan fingerprint density at radius 1 is 1.25 bits per heavy atom. The summed E-state index contributed by atoms with van der Waals surface area (Å²) < 4.78 is 10.9. The van der Waals surface area contributed by atoms with E-state index in [-0.39, 0.29) is 24.3 Å². The monoisotopic (exact) mass is 228 g/mol. The molecular weight excluding hydrogens is 204 g/mol. The van der Waals surface area contributed by atoms with Crippen LogP contribution in [-0.2, 0) is 14.3 Å². The molecule has 0 N–H and O–H groups in total. The summed E-state index contributed by atoms with van der Waals surface area (Å²) in [6.07, 6.45) is 6.63. The molecule has 1 saturated carbocycles. The first-order valence-electron chi connectivity index (χ1n) is 6.41. The van der Waals surface area contributed by atoms with E-state index >= 15 is 0 Å². The molecule has 16 heavy (non-hydrogen) atoms. The number of esters is 1. The number of hydrogen-bond acceptors (Lipinski definition) is 3. The van der Waals surface area contributed by atoms with Gasteiger partial charge in [-0.15, -0.1) is 0 Å². The minimum atomic E-state index is -0.211. The zero-order valence-electron chi connectivity index (χ0n) is 10.8. The predicted octanol–water partition coefficient (Wildman–Crippen LogP) is 3.07. The lowest BCUT2D eigenvalue weighted by atomic mass is 9.83. The van der Waals surface area contributed by atoms with Gasteiger partial charge in [0.25, 0.3) is 0 Å². The Morgan fingerprint density at radius 2 is 1.88 bits per heavy atom. The van der Waals surface area contributed by atoms with Crippen LogP contribution in [0.25, 0.3) is 0 Å². The molecule has 0 saturated heterocycles. The first-order chi connectivity index (χ1) is 7.58. The van der Waals surface area contributed by atoms with E-state index in [1.807, 2.05) is 13.8 Å². The molecule has 3 heteroatoms. The molecule has 0 aliphatic heterocycles. The third-order valence-corrected chi connectivity index (χ3v) is 3.27. The average Bonchev–Trinajstić information content (AvgIpc) is 2.28. The molecule has 94 valence electrons. The molecule has 0 aromatic heterocycles. The highest BCUT2D eigenvalue weighted by molar-refractivity contribution is 5.71. The lowest BCUT2D eigenvalue weighted by Crippen LogP contribution is -2.38. The summed E-state index contributed by atoms with van der Waals surface area (Å²) in [6.45, 7) is 6.02. The van der Waals surface area contributed by atoms with Gasteiger partial charge in [0.1, 0.15) is 12.2 Å². The number of ether oxygens (including phenoxy) is 2. The van der Waals surface area contributed by atoms with Crippen LogP contribution in [0.15, 0.2) is 0 Å². The Bertz CT molecular complexity index is 217. The van der Waals surface area contributed by atoms with Gasteiger partial charge >= 0.3 is 5.97 Å². The van der Waals surface area contributed by atoms with E-state index in [9.17, 15) is 4.79 Å². The molecule has 0 radical (unpaired) electrons. The zero-order chi connectivity index (χ0) is 12.0. The van der Waals surface area contributed by atoms with Crippen LogP contribution in [0.1, 0.15) is 59.3 Å². The minimum absolute atomic E-state index is 0.0801. The van der Waals surface area contributed by atoms with Crippen molar-refractivity contribution in [1.29, 1.82) is 0 Å². The van der Waals surface area contributed by atoms with Crippen molar-refractivity contribution in [3.63, 3.8) is 0 Å². The number of carbonyl (C=O) groups excluding carboxylic acids is 1. The van der Waals surface area contributed by atoms with Crippen LogP contribution in [-0.4, -0.2) is 24.3 Å². The maximum atomic E-state index is 11.6. The summed E-state index contributed by atoms with van der Waals surface area (Å²) in [5, 5.41) is 0. The maximum absolute atomic E-state index is 11.6. The van der Waals surface area contributed by atoms with E-state index in [2.05, 4.69) is 6.92 Å². The molecule has 0 amide bonds. The summed E-state index contributed by atoms with van der Waals surface area (Å²) in [6, 6.07) is 0. The fourth-order valence-corrected chi connectivity index (χ4v) is 2.23. The van der Waals surface area contributed by atoms with Crippen molar-refractivity contribution in [1.82, 2.24) is 0 Å². The van der Waals surface area contributed by atoms with Gasteiger partial charge in [0.05, 0.1) is 6.10 Å². The van der Waals surface area contributed by atoms with Crippen LogP contribution in [0, 0.1) is 0 Å². The Balaban J connectivity index is 2.39. The molecule has 0 unspecified atom stereocenters. The number of rotatable bonds is 5. The van der Waals surface area contributed by atoms with Crippen LogP contribution < -0.4 is 0 Å². The molecule has 0 aromatic rings. The standard InChI is InChI=1S/C13H24O3/c1-4-13(8-6-5-7-9-13)16-12(14)10-15-11(2)3/h11H,4-10H2,1-3H3. The summed E-state index contributed by atoms with van der Waals surface area (Å²) in [5.74, 6) is -0.211. The summed E-state index contributed by atoms with van der Waals surface area (Å²) in [7, 11) is 0. The second-order valence-electron chi connectivity index (χ2n) is 4.93. The normalized spacial score (nSPS) is 19.8. The van der Waals surface area contributed by atoms with Gasteiger partial charge in [-0.25, -0.2) is 4.79 Å². The first-order valence-corrected chi connectivity index (χ1v) is 6.41. The van der Waals surface area contributed by atoms with Crippen molar-refractivity contribution >= 4 is 5.97 Å². The molecule has 1 fully saturated rings. The number of hydrogen-bond donors (Lipinski definition) is 0. The highest BCUT2D eigenvalue weighted by atomic mass is 16.6. The molecule has 0 bridgehead atoms. The van der Waals surface area contributed by atoms with Gasteiger partial charge in [-0.2, -0.15) is 0 Å². The highest BCUT2D eigenvalue weighted by Gasteiger charge is 2.33. The van der Waals surface area contributed by atoms with Crippen molar-refractivity contribution < 1.29 is 14.3 Å². The summed E-state index contributed by atoms with van der Waals surface area (Å²) >= 11 is 0. The molecule has 1 aliphatic carbocycles. The van der Waals surface area contributed by atoms with E-state index in [1.165, 1.54) is 19.3 Å². The topological polar surface area (TPSA) is 35.5 Å². The quantitative estimate of drug-likeness (QED) is 0.678. The highest BCUT2D eigenvalue weighted by Crippen LogP contribution is 2.34. The summed E-state index contributed by atoms with van der Waals surface area (Å²) in [5.41, 5.74) is -0.199. The van der Waals surface area contributed by atoms with E-state index < -0.39 is 0 Å². The van der Waals surface area contributed by atoms with Gasteiger partial charge in [0, 0.05) is 0 Å². The van der Waals surface area contributed by atoms with Crippen LogP contribution >= 0.6 is 0 Å². The van der Waals surface area contributed by atoms with E-state index in [1.54, 1.807) is 0 Å². The fourth-order valence-electron chi connectivity index (χ4n) is 2.23. The van der Waals surface area contributed by atoms with Crippen LogP contribution in [0.2, 0.25) is 0 Å². The third kappa shape index (κ3) is 4.12. The number of carbonyl (C=O) groups is 1. The lowest BCUT2D eigenvalue weighted by Gasteiger charge is -2.36. The van der Waals surface area contributed by atoms with Gasteiger partial charge in [0.15, 0.2) is 0 Å². The smallest absolute Gasteiger partial charge is 0.332 e. The molecule has 0 spiro atoms. The predicted molar refractivity (Wildman–Crippen MR) is 63.3 cm³/mol. The van der Waals surface area contributed by atoms with Crippen molar-refractivity contribution in [2.45, 2.75) is 71.0 Å². The van der Waals surface area contributed by atoms with E-state index in [0.717, 1.165) is 19.3 Å². The van der Waals surface area contributed by atoms with Crippen molar-refractivity contribution in [3.05, 3.63) is 0 Å². The lowest BCUT2D eigenvalue weighted by molar-refractivity contribution is -0.170. The van der Waals surface area contributed by atoms with E-state index in [4.69, 9.17) is 9.47 Å². The Kier molecular flexibility index (Phi) is 5.26. The average molecular weight is 228 g/mol. The van der Waals surface area contributed by atoms with Crippen LogP contribution in [0.5, 0.6) is 0 Å². The zero-order valence-corrected chi connectivity index (χ0v) is 10.8. The molecule has 0 atom stereocenters. The third-order valence-electron chi connectivity index (χ3n) is 3.27. The molecule has 3 nitrogen and oxygen atoms in total. The van der Waals surface area contributed by atoms with Gasteiger partial charge in [-0.3, -0.25) is 0 Å². The Labute approximate surface area is 98.5 Å². The molecule has 0 heterocycles. The van der Waals surface area contributed by atoms with Crippen LogP contribution in [0.3, 0.4) is 0 Å². The summed E-state index contributed by atoms with van der Waals surface area (Å²) in [4.78, 5) is 11.6. The van der Waals surface area contributed by atoms with Crippen molar-refractivity contribution in [3.8, 4) is 0 Å². The Morgan fingerprint density at radius 3 is 2.38 bits per heavy atom. The largest absolute Gasteiger partial charge is 0.457 e. The van der Waals surface area contributed by atoms with Crippen molar-refractivity contribution in [2.75, 3.05) is 6.61 Å². The second kappa shape index (κ2) is 6.24. The van der Waals surface area contributed by atoms with Gasteiger partial charge < -0.3 is 9.47 Å². The maximum Gasteiger partial charge on any atom is 0.332 e. The van der Waals surface area contributed by atoms with Crippen molar-refractivity contribution in [2.24, 2.45) is 0 Å². The molecular formula is C13H24O3. The molecule has 1 rings (SSSR count). The molecule has 0 aromatic carbocycles. The minimum Gasteiger partial charge on any atom is -0.457 e. The fraction of sp³-hybridized carbons (Fsp3) is 0.923. The SMILES string of the molecule is CCC1(OC(=O)COC(C)C)CCCCC1. The van der Waals surface area contributed by atoms with Gasteiger partial charge in [0.2, 0.25) is 0 Å². The van der Waals surface area contributed by atoms with Crippen LogP contribution in [0.4, 0.5) is 0 Å². The second-order valence-corrected chi connectivity index (χ2v) is 4.93.